The standard InChI is InChI=1S/C14H12O/c1-3-5-6-7-8-9-10-11-13-14(15)12-4-2/h13-15H,1,4,12H2,2H3. The second-order valence-electron chi connectivity index (χ2n) is 2.59. The van der Waals surface area contributed by atoms with Crippen LogP contribution in [0.25, 0.3) is 0 Å². The highest BCUT2D eigenvalue weighted by Gasteiger charge is 1.92. The van der Waals surface area contributed by atoms with Crippen LogP contribution < -0.4 is 0 Å². The van der Waals surface area contributed by atoms with Crippen molar-refractivity contribution < 1.29 is 5.11 Å². The van der Waals surface area contributed by atoms with Crippen LogP contribution in [0.2, 0.25) is 0 Å². The zero-order valence-corrected chi connectivity index (χ0v) is 8.72. The predicted molar refractivity (Wildman–Crippen MR) is 59.2 cm³/mol. The topological polar surface area (TPSA) is 20.2 Å². The number of aliphatic hydroxyl groups is 1. The molecule has 0 amide bonds. The van der Waals surface area contributed by atoms with Crippen molar-refractivity contribution in [1.82, 2.24) is 0 Å². The van der Waals surface area contributed by atoms with Gasteiger partial charge in [-0.15, -0.1) is 0 Å². The Morgan fingerprint density at radius 3 is 2.33 bits per heavy atom. The summed E-state index contributed by atoms with van der Waals surface area (Å²) in [6.07, 6.45) is 2.72. The van der Waals surface area contributed by atoms with E-state index in [1.807, 2.05) is 6.92 Å². The van der Waals surface area contributed by atoms with Gasteiger partial charge in [-0.2, -0.15) is 0 Å². The van der Waals surface area contributed by atoms with Gasteiger partial charge in [-0.05, 0) is 53.5 Å². The molecule has 0 aromatic carbocycles. The SMILES string of the molecule is C=C=C=C=C=C=C=C=C=CC(O)CCC. The average molecular weight is 196 g/mol. The number of hydrogen-bond acceptors (Lipinski definition) is 1. The fraction of sp³-hybridized carbons (Fsp3) is 0.286. The van der Waals surface area contributed by atoms with Crippen LogP contribution >= 0.6 is 0 Å². The summed E-state index contributed by atoms with van der Waals surface area (Å²) in [6.45, 7) is 5.30. The first kappa shape index (κ1) is 12.9. The van der Waals surface area contributed by atoms with Crippen LogP contribution in [0, 0.1) is 0 Å². The van der Waals surface area contributed by atoms with Crippen LogP contribution in [0.4, 0.5) is 0 Å². The first-order valence-electron chi connectivity index (χ1n) is 4.60. The summed E-state index contributed by atoms with van der Waals surface area (Å²) in [4.78, 5) is 0. The van der Waals surface area contributed by atoms with E-state index in [2.05, 4.69) is 52.4 Å². The normalized spacial score (nSPS) is 8.40. The van der Waals surface area contributed by atoms with Crippen molar-refractivity contribution >= 4 is 0 Å². The molecule has 0 saturated heterocycles. The van der Waals surface area contributed by atoms with Gasteiger partial charge in [0.25, 0.3) is 0 Å². The van der Waals surface area contributed by atoms with Crippen LogP contribution in [0.1, 0.15) is 19.8 Å². The van der Waals surface area contributed by atoms with Crippen LogP contribution in [0.5, 0.6) is 0 Å². The summed E-state index contributed by atoms with van der Waals surface area (Å²) in [5, 5.41) is 9.26. The summed E-state index contributed by atoms with van der Waals surface area (Å²) < 4.78 is 0. The molecule has 1 N–H and O–H groups in total. The van der Waals surface area contributed by atoms with E-state index < -0.39 is 6.10 Å². The first-order chi connectivity index (χ1) is 7.31. The summed E-state index contributed by atoms with van der Waals surface area (Å²) >= 11 is 0. The Kier molecular flexibility index (Phi) is 8.65. The summed E-state index contributed by atoms with van der Waals surface area (Å²) in [7, 11) is 0. The predicted octanol–water partition coefficient (Wildman–Crippen LogP) is 2.57. The van der Waals surface area contributed by atoms with E-state index in [-0.39, 0.29) is 0 Å². The Hall–Kier alpha value is -2.06. The van der Waals surface area contributed by atoms with Gasteiger partial charge < -0.3 is 5.11 Å². The van der Waals surface area contributed by atoms with E-state index in [9.17, 15) is 5.11 Å². The van der Waals surface area contributed by atoms with Gasteiger partial charge in [0.1, 0.15) is 0 Å². The zero-order valence-electron chi connectivity index (χ0n) is 8.72. The first-order valence-corrected chi connectivity index (χ1v) is 4.60. The molecular formula is C14H12O. The largest absolute Gasteiger partial charge is 0.388 e. The van der Waals surface area contributed by atoms with Crippen molar-refractivity contribution in [2.45, 2.75) is 25.9 Å². The lowest BCUT2D eigenvalue weighted by Gasteiger charge is -1.97. The molecule has 0 fully saturated rings. The Morgan fingerprint density at radius 2 is 1.73 bits per heavy atom. The van der Waals surface area contributed by atoms with E-state index in [0.29, 0.717) is 0 Å². The van der Waals surface area contributed by atoms with Crippen molar-refractivity contribution in [1.29, 1.82) is 0 Å². The molecule has 15 heavy (non-hydrogen) atoms. The van der Waals surface area contributed by atoms with Crippen molar-refractivity contribution in [3.8, 4) is 0 Å². The minimum absolute atomic E-state index is 0.465. The molecule has 0 bridgehead atoms. The molecule has 0 saturated carbocycles. The third-order valence-electron chi connectivity index (χ3n) is 1.33. The monoisotopic (exact) mass is 196 g/mol. The molecule has 0 radical (unpaired) electrons. The fourth-order valence-electron chi connectivity index (χ4n) is 0.722. The second-order valence-corrected chi connectivity index (χ2v) is 2.59. The lowest BCUT2D eigenvalue weighted by atomic mass is 10.2. The lowest BCUT2D eigenvalue weighted by Crippen LogP contribution is -1.98. The molecule has 0 aromatic heterocycles. The Bertz CT molecular complexity index is 475. The number of aliphatic hydroxyl groups excluding tert-OH is 1. The third kappa shape index (κ3) is 9.86. The molecule has 0 heterocycles. The molecule has 1 atom stereocenters. The van der Waals surface area contributed by atoms with Gasteiger partial charge in [0.2, 0.25) is 0 Å². The van der Waals surface area contributed by atoms with Crippen LogP contribution in [-0.2, 0) is 0 Å². The molecule has 1 unspecified atom stereocenters. The molecule has 1 heteroatoms. The van der Waals surface area contributed by atoms with E-state index >= 15 is 0 Å². The van der Waals surface area contributed by atoms with Crippen LogP contribution in [-0.4, -0.2) is 11.2 Å². The van der Waals surface area contributed by atoms with Crippen molar-refractivity contribution in [3.63, 3.8) is 0 Å². The fourth-order valence-corrected chi connectivity index (χ4v) is 0.722. The van der Waals surface area contributed by atoms with Gasteiger partial charge in [0.15, 0.2) is 0 Å². The highest BCUT2D eigenvalue weighted by atomic mass is 16.3. The van der Waals surface area contributed by atoms with Crippen LogP contribution in [0.15, 0.2) is 58.5 Å². The van der Waals surface area contributed by atoms with E-state index in [4.69, 9.17) is 0 Å². The maximum atomic E-state index is 9.26. The minimum Gasteiger partial charge on any atom is -0.388 e. The summed E-state index contributed by atoms with van der Waals surface area (Å²) in [5.74, 6) is 0. The van der Waals surface area contributed by atoms with Crippen molar-refractivity contribution in [3.05, 3.63) is 58.5 Å². The average Bonchev–Trinajstić information content (AvgIpc) is 2.22. The van der Waals surface area contributed by atoms with Gasteiger partial charge in [-0.1, -0.05) is 24.8 Å². The van der Waals surface area contributed by atoms with Gasteiger partial charge in [0, 0.05) is 0 Å². The van der Waals surface area contributed by atoms with E-state index in [1.165, 1.54) is 6.08 Å². The van der Waals surface area contributed by atoms with Gasteiger partial charge in [0.05, 0.1) is 6.10 Å². The van der Waals surface area contributed by atoms with Crippen LogP contribution in [0.3, 0.4) is 0 Å². The molecule has 74 valence electrons. The minimum atomic E-state index is -0.465. The van der Waals surface area contributed by atoms with Gasteiger partial charge in [-0.3, -0.25) is 0 Å². The zero-order chi connectivity index (χ0) is 11.4. The lowest BCUT2D eigenvalue weighted by molar-refractivity contribution is 0.212. The van der Waals surface area contributed by atoms with E-state index in [0.717, 1.165) is 12.8 Å². The van der Waals surface area contributed by atoms with Gasteiger partial charge >= 0.3 is 0 Å². The Balaban J connectivity index is 4.80. The maximum absolute atomic E-state index is 9.26. The molecule has 1 nitrogen and oxygen atoms in total. The molecule has 0 aliphatic carbocycles. The van der Waals surface area contributed by atoms with E-state index in [1.54, 1.807) is 0 Å². The molecular weight excluding hydrogens is 184 g/mol. The number of rotatable bonds is 3. The quantitative estimate of drug-likeness (QED) is 0.688. The van der Waals surface area contributed by atoms with Crippen molar-refractivity contribution in [2.24, 2.45) is 0 Å². The molecule has 0 aliphatic rings. The highest BCUT2D eigenvalue weighted by Crippen LogP contribution is 1.95. The summed E-state index contributed by atoms with van der Waals surface area (Å²) in [5.41, 5.74) is 20.1. The Labute approximate surface area is 90.1 Å². The molecule has 0 spiro atoms. The molecule has 0 aromatic rings. The smallest absolute Gasteiger partial charge is 0.0800 e. The second kappa shape index (κ2) is 10.0. The molecule has 0 rings (SSSR count). The van der Waals surface area contributed by atoms with Gasteiger partial charge in [-0.25, -0.2) is 0 Å². The molecule has 0 aliphatic heterocycles. The highest BCUT2D eigenvalue weighted by molar-refractivity contribution is 4.92. The number of hydrogen-bond donors (Lipinski definition) is 1. The maximum Gasteiger partial charge on any atom is 0.0800 e. The summed E-state index contributed by atoms with van der Waals surface area (Å²) in [6, 6.07) is 0. The Morgan fingerprint density at radius 1 is 1.13 bits per heavy atom. The third-order valence-corrected chi connectivity index (χ3v) is 1.33. The van der Waals surface area contributed by atoms with Crippen molar-refractivity contribution in [2.75, 3.05) is 0 Å².